The number of hydrogen-bond acceptors (Lipinski definition) is 4. The predicted molar refractivity (Wildman–Crippen MR) is 96.4 cm³/mol. The molecule has 2 aromatic rings. The van der Waals surface area contributed by atoms with Gasteiger partial charge in [0, 0.05) is 24.7 Å². The Morgan fingerprint density at radius 2 is 2.13 bits per heavy atom. The molecule has 1 heterocycles. The average Bonchev–Trinajstić information content (AvgIpc) is 3.06. The molecule has 0 aliphatic carbocycles. The lowest BCUT2D eigenvalue weighted by Gasteiger charge is -2.12. The Hall–Kier alpha value is -2.08. The number of methoxy groups -OCH3 is 1. The first-order valence-electron chi connectivity index (χ1n) is 7.76. The van der Waals surface area contributed by atoms with Crippen molar-refractivity contribution in [1.29, 1.82) is 0 Å². The van der Waals surface area contributed by atoms with E-state index in [1.54, 1.807) is 25.5 Å². The van der Waals surface area contributed by atoms with Crippen LogP contribution >= 0.6 is 11.3 Å². The summed E-state index contributed by atoms with van der Waals surface area (Å²) in [5.74, 6) is 1.71. The second-order valence-corrected chi connectivity index (χ2v) is 6.19. The van der Waals surface area contributed by atoms with Crippen LogP contribution in [-0.2, 0) is 19.4 Å². The van der Waals surface area contributed by atoms with Crippen LogP contribution in [0.5, 0.6) is 5.75 Å². The largest absolute Gasteiger partial charge is 0.496 e. The Kier molecular flexibility index (Phi) is 6.87. The van der Waals surface area contributed by atoms with Gasteiger partial charge in [0.15, 0.2) is 5.96 Å². The first kappa shape index (κ1) is 17.3. The highest BCUT2D eigenvalue weighted by Gasteiger charge is 2.04. The average molecular weight is 332 g/mol. The first-order chi connectivity index (χ1) is 11.3. The number of aromatic nitrogens is 1. The molecule has 1 aromatic heterocycles. The van der Waals surface area contributed by atoms with Crippen molar-refractivity contribution in [3.63, 3.8) is 0 Å². The van der Waals surface area contributed by atoms with Crippen LogP contribution in [-0.4, -0.2) is 31.6 Å². The Labute approximate surface area is 141 Å². The van der Waals surface area contributed by atoms with E-state index in [0.29, 0.717) is 6.54 Å². The maximum Gasteiger partial charge on any atom is 0.191 e. The summed E-state index contributed by atoms with van der Waals surface area (Å²) in [6.45, 7) is 3.63. The molecule has 0 aliphatic heterocycles. The maximum absolute atomic E-state index is 5.37. The van der Waals surface area contributed by atoms with E-state index in [4.69, 9.17) is 4.74 Å². The van der Waals surface area contributed by atoms with E-state index in [0.717, 1.165) is 36.1 Å². The third-order valence-electron chi connectivity index (χ3n) is 3.46. The van der Waals surface area contributed by atoms with Crippen molar-refractivity contribution in [2.24, 2.45) is 4.99 Å². The van der Waals surface area contributed by atoms with E-state index in [9.17, 15) is 0 Å². The molecular weight excluding hydrogens is 308 g/mol. The zero-order chi connectivity index (χ0) is 16.5. The monoisotopic (exact) mass is 332 g/mol. The number of aryl methyl sites for hydroxylation is 1. The molecule has 2 N–H and O–H groups in total. The number of ether oxygens (including phenoxy) is 1. The van der Waals surface area contributed by atoms with Crippen molar-refractivity contribution in [1.82, 2.24) is 15.6 Å². The zero-order valence-corrected chi connectivity index (χ0v) is 14.7. The predicted octanol–water partition coefficient (Wildman–Crippen LogP) is 2.62. The third-order valence-corrected chi connectivity index (χ3v) is 4.60. The highest BCUT2D eigenvalue weighted by molar-refractivity contribution is 7.11. The molecule has 1 aromatic carbocycles. The topological polar surface area (TPSA) is 58.5 Å². The van der Waals surface area contributed by atoms with Gasteiger partial charge in [-0.3, -0.25) is 4.99 Å². The Balaban J connectivity index is 1.79. The van der Waals surface area contributed by atoms with Crippen LogP contribution in [0.4, 0.5) is 0 Å². The second-order valence-electron chi connectivity index (χ2n) is 4.99. The van der Waals surface area contributed by atoms with Crippen LogP contribution < -0.4 is 15.4 Å². The molecular formula is C17H24N4OS. The molecule has 0 amide bonds. The smallest absolute Gasteiger partial charge is 0.191 e. The summed E-state index contributed by atoms with van der Waals surface area (Å²) in [6, 6.07) is 8.07. The van der Waals surface area contributed by atoms with Gasteiger partial charge in [-0.15, -0.1) is 11.3 Å². The number of thiazole rings is 1. The molecule has 0 aliphatic rings. The Morgan fingerprint density at radius 1 is 1.30 bits per heavy atom. The van der Waals surface area contributed by atoms with E-state index in [1.807, 2.05) is 24.4 Å². The molecule has 0 unspecified atom stereocenters. The SMILES string of the molecule is CCc1cnc(CNC(=NC)NCCc2ccccc2OC)s1. The van der Waals surface area contributed by atoms with Gasteiger partial charge in [-0.2, -0.15) is 0 Å². The van der Waals surface area contributed by atoms with E-state index < -0.39 is 0 Å². The van der Waals surface area contributed by atoms with Gasteiger partial charge in [0.05, 0.1) is 13.7 Å². The van der Waals surface area contributed by atoms with Crippen molar-refractivity contribution in [3.05, 3.63) is 45.9 Å². The van der Waals surface area contributed by atoms with Crippen molar-refractivity contribution >= 4 is 17.3 Å². The van der Waals surface area contributed by atoms with Crippen molar-refractivity contribution in [2.45, 2.75) is 26.3 Å². The lowest BCUT2D eigenvalue weighted by molar-refractivity contribution is 0.409. The Bertz CT molecular complexity index is 639. The third kappa shape index (κ3) is 5.25. The highest BCUT2D eigenvalue weighted by Crippen LogP contribution is 2.17. The number of hydrogen-bond donors (Lipinski definition) is 2. The number of nitrogens with one attached hydrogen (secondary N) is 2. The van der Waals surface area contributed by atoms with Crippen LogP contribution in [0.1, 0.15) is 22.4 Å². The van der Waals surface area contributed by atoms with Crippen molar-refractivity contribution in [3.8, 4) is 5.75 Å². The number of benzene rings is 1. The molecule has 0 spiro atoms. The lowest BCUT2D eigenvalue weighted by atomic mass is 10.1. The zero-order valence-electron chi connectivity index (χ0n) is 13.9. The normalized spacial score (nSPS) is 11.3. The van der Waals surface area contributed by atoms with Gasteiger partial charge in [0.2, 0.25) is 0 Å². The quantitative estimate of drug-likeness (QED) is 0.604. The van der Waals surface area contributed by atoms with Crippen LogP contribution in [0.2, 0.25) is 0 Å². The molecule has 0 fully saturated rings. The van der Waals surface area contributed by atoms with E-state index in [-0.39, 0.29) is 0 Å². The van der Waals surface area contributed by atoms with Crippen molar-refractivity contribution in [2.75, 3.05) is 20.7 Å². The molecule has 124 valence electrons. The summed E-state index contributed by atoms with van der Waals surface area (Å²) in [4.78, 5) is 9.95. The number of rotatable bonds is 7. The van der Waals surface area contributed by atoms with Gasteiger partial charge < -0.3 is 15.4 Å². The fourth-order valence-corrected chi connectivity index (χ4v) is 3.00. The summed E-state index contributed by atoms with van der Waals surface area (Å²) in [5, 5.41) is 7.69. The molecule has 23 heavy (non-hydrogen) atoms. The lowest BCUT2D eigenvalue weighted by Crippen LogP contribution is -2.37. The van der Waals surface area contributed by atoms with E-state index in [2.05, 4.69) is 33.6 Å². The number of para-hydroxylation sites is 1. The van der Waals surface area contributed by atoms with Crippen molar-refractivity contribution < 1.29 is 4.74 Å². The highest BCUT2D eigenvalue weighted by atomic mass is 32.1. The summed E-state index contributed by atoms with van der Waals surface area (Å²) < 4.78 is 5.37. The van der Waals surface area contributed by atoms with Crippen LogP contribution in [0.3, 0.4) is 0 Å². The molecule has 6 heteroatoms. The second kappa shape index (κ2) is 9.15. The standard InChI is InChI=1S/C17H24N4OS/c1-4-14-11-20-16(23-14)12-21-17(18-2)19-10-9-13-7-5-6-8-15(13)22-3/h5-8,11H,4,9-10,12H2,1-3H3,(H2,18,19,21). The van der Waals surface area contributed by atoms with Gasteiger partial charge in [0.1, 0.15) is 10.8 Å². The fourth-order valence-electron chi connectivity index (χ4n) is 2.20. The summed E-state index contributed by atoms with van der Waals surface area (Å²) in [6.07, 6.45) is 3.85. The van der Waals surface area contributed by atoms with E-state index in [1.165, 1.54) is 10.4 Å². The number of guanidine groups is 1. The number of aliphatic imine (C=N–C) groups is 1. The van der Waals surface area contributed by atoms with Gasteiger partial charge in [-0.05, 0) is 24.5 Å². The number of nitrogens with zero attached hydrogens (tertiary/aromatic N) is 2. The van der Waals surface area contributed by atoms with Gasteiger partial charge >= 0.3 is 0 Å². The first-order valence-corrected chi connectivity index (χ1v) is 8.58. The summed E-state index contributed by atoms with van der Waals surface area (Å²) in [5.41, 5.74) is 1.19. The van der Waals surface area contributed by atoms with Crippen LogP contribution in [0.15, 0.2) is 35.5 Å². The summed E-state index contributed by atoms with van der Waals surface area (Å²) >= 11 is 1.74. The molecule has 5 nitrogen and oxygen atoms in total. The minimum Gasteiger partial charge on any atom is -0.496 e. The van der Waals surface area contributed by atoms with Crippen LogP contribution in [0, 0.1) is 0 Å². The molecule has 0 saturated heterocycles. The molecule has 2 rings (SSSR count). The van der Waals surface area contributed by atoms with Crippen LogP contribution in [0.25, 0.3) is 0 Å². The fraction of sp³-hybridized carbons (Fsp3) is 0.412. The van der Waals surface area contributed by atoms with Gasteiger partial charge in [0.25, 0.3) is 0 Å². The molecule has 0 saturated carbocycles. The minimum absolute atomic E-state index is 0.693. The van der Waals surface area contributed by atoms with Gasteiger partial charge in [-0.1, -0.05) is 25.1 Å². The van der Waals surface area contributed by atoms with Gasteiger partial charge in [-0.25, -0.2) is 4.98 Å². The summed E-state index contributed by atoms with van der Waals surface area (Å²) in [7, 11) is 3.48. The molecule has 0 atom stereocenters. The molecule has 0 bridgehead atoms. The molecule has 0 radical (unpaired) electrons. The maximum atomic E-state index is 5.37. The minimum atomic E-state index is 0.693. The van der Waals surface area contributed by atoms with E-state index >= 15 is 0 Å². The Morgan fingerprint density at radius 3 is 2.83 bits per heavy atom.